The Labute approximate surface area is 117 Å². The Kier molecular flexibility index (Phi) is 5.07. The Hall–Kier alpha value is -2.11. The van der Waals surface area contributed by atoms with Gasteiger partial charge in [-0.15, -0.1) is 0 Å². The van der Waals surface area contributed by atoms with Crippen LogP contribution < -0.4 is 5.32 Å². The van der Waals surface area contributed by atoms with Gasteiger partial charge in [0.15, 0.2) is 0 Å². The molecule has 110 valence electrons. The summed E-state index contributed by atoms with van der Waals surface area (Å²) in [5, 5.41) is 2.68. The maximum atomic E-state index is 12.0. The molecule has 0 aliphatic heterocycles. The quantitative estimate of drug-likeness (QED) is 0.771. The second-order valence-corrected chi connectivity index (χ2v) is 4.66. The average Bonchev–Trinajstić information content (AvgIpc) is 2.39. The number of amides is 1. The van der Waals surface area contributed by atoms with Crippen molar-refractivity contribution in [2.75, 3.05) is 14.2 Å². The molecule has 1 N–H and O–H groups in total. The summed E-state index contributed by atoms with van der Waals surface area (Å²) in [6, 6.07) is -0.613. The lowest BCUT2D eigenvalue weighted by atomic mass is 9.81. The molecule has 0 saturated carbocycles. The summed E-state index contributed by atoms with van der Waals surface area (Å²) >= 11 is 0. The van der Waals surface area contributed by atoms with Crippen molar-refractivity contribution >= 4 is 17.8 Å². The van der Waals surface area contributed by atoms with Crippen LogP contribution in [-0.2, 0) is 23.9 Å². The van der Waals surface area contributed by atoms with Crippen LogP contribution in [0.1, 0.15) is 20.8 Å². The highest BCUT2D eigenvalue weighted by Gasteiger charge is 2.36. The lowest BCUT2D eigenvalue weighted by Crippen LogP contribution is -2.44. The monoisotopic (exact) mass is 281 g/mol. The molecule has 6 nitrogen and oxygen atoms in total. The molecule has 0 spiro atoms. The van der Waals surface area contributed by atoms with E-state index in [0.717, 1.165) is 0 Å². The highest BCUT2D eigenvalue weighted by molar-refractivity contribution is 6.05. The van der Waals surface area contributed by atoms with E-state index in [4.69, 9.17) is 9.47 Å². The lowest BCUT2D eigenvalue weighted by molar-refractivity contribution is -0.139. The number of hydrogen-bond acceptors (Lipinski definition) is 5. The SMILES string of the molecule is COC(=O)C1=C(C(=O)OC)C(NC(C)=O)C(C)C=C1C. The summed E-state index contributed by atoms with van der Waals surface area (Å²) in [5.41, 5.74) is 0.907. The van der Waals surface area contributed by atoms with Gasteiger partial charge in [0.25, 0.3) is 0 Å². The van der Waals surface area contributed by atoms with Crippen LogP contribution in [0.5, 0.6) is 0 Å². The Morgan fingerprint density at radius 2 is 1.70 bits per heavy atom. The smallest absolute Gasteiger partial charge is 0.338 e. The van der Waals surface area contributed by atoms with Gasteiger partial charge in [0.05, 0.1) is 31.4 Å². The van der Waals surface area contributed by atoms with Gasteiger partial charge in [-0.3, -0.25) is 4.79 Å². The molecule has 0 aromatic heterocycles. The fourth-order valence-corrected chi connectivity index (χ4v) is 2.34. The van der Waals surface area contributed by atoms with Gasteiger partial charge in [0, 0.05) is 6.92 Å². The highest BCUT2D eigenvalue weighted by Crippen LogP contribution is 2.30. The molecule has 1 aliphatic rings. The van der Waals surface area contributed by atoms with Crippen LogP contribution in [-0.4, -0.2) is 38.1 Å². The van der Waals surface area contributed by atoms with Crippen LogP contribution >= 0.6 is 0 Å². The molecule has 6 heteroatoms. The summed E-state index contributed by atoms with van der Waals surface area (Å²) in [7, 11) is 2.47. The molecule has 2 unspecified atom stereocenters. The number of carbonyl (C=O) groups excluding carboxylic acids is 3. The largest absolute Gasteiger partial charge is 0.466 e. The normalized spacial score (nSPS) is 21.9. The van der Waals surface area contributed by atoms with E-state index in [-0.39, 0.29) is 23.0 Å². The van der Waals surface area contributed by atoms with Crippen molar-refractivity contribution in [3.8, 4) is 0 Å². The second-order valence-electron chi connectivity index (χ2n) is 4.66. The van der Waals surface area contributed by atoms with Crippen LogP contribution in [0.15, 0.2) is 22.8 Å². The standard InChI is InChI=1S/C14H19NO5/c1-7-6-8(2)12(15-9(3)16)11(14(18)20-5)10(7)13(17)19-4/h6,8,12H,1-5H3,(H,15,16). The molecule has 1 rings (SSSR count). The molecule has 0 saturated heterocycles. The minimum atomic E-state index is -0.650. The van der Waals surface area contributed by atoms with Crippen molar-refractivity contribution in [1.82, 2.24) is 5.32 Å². The van der Waals surface area contributed by atoms with Crippen LogP contribution in [0.4, 0.5) is 0 Å². The Morgan fingerprint density at radius 1 is 1.15 bits per heavy atom. The molecule has 20 heavy (non-hydrogen) atoms. The van der Waals surface area contributed by atoms with Gasteiger partial charge >= 0.3 is 11.9 Å². The molecule has 0 aromatic rings. The van der Waals surface area contributed by atoms with E-state index in [9.17, 15) is 14.4 Å². The molecule has 1 aliphatic carbocycles. The number of rotatable bonds is 3. The molecule has 1 amide bonds. The number of nitrogens with one attached hydrogen (secondary N) is 1. The molecular formula is C14H19NO5. The molecule has 2 atom stereocenters. The third kappa shape index (κ3) is 3.07. The third-order valence-electron chi connectivity index (χ3n) is 3.17. The van der Waals surface area contributed by atoms with Crippen LogP contribution in [0.3, 0.4) is 0 Å². The summed E-state index contributed by atoms with van der Waals surface area (Å²) in [5.74, 6) is -1.70. The van der Waals surface area contributed by atoms with Gasteiger partial charge in [0.2, 0.25) is 5.91 Å². The van der Waals surface area contributed by atoms with Gasteiger partial charge < -0.3 is 14.8 Å². The summed E-state index contributed by atoms with van der Waals surface area (Å²) in [4.78, 5) is 35.2. The van der Waals surface area contributed by atoms with Crippen molar-refractivity contribution in [2.24, 2.45) is 5.92 Å². The van der Waals surface area contributed by atoms with Gasteiger partial charge in [0.1, 0.15) is 0 Å². The van der Waals surface area contributed by atoms with E-state index in [1.54, 1.807) is 6.92 Å². The zero-order valence-corrected chi connectivity index (χ0v) is 12.3. The van der Waals surface area contributed by atoms with Crippen LogP contribution in [0, 0.1) is 5.92 Å². The Morgan fingerprint density at radius 3 is 2.15 bits per heavy atom. The highest BCUT2D eigenvalue weighted by atomic mass is 16.5. The zero-order chi connectivity index (χ0) is 15.4. The lowest BCUT2D eigenvalue weighted by Gasteiger charge is -2.30. The minimum absolute atomic E-state index is 0.127. The third-order valence-corrected chi connectivity index (χ3v) is 3.17. The number of ether oxygens (including phenoxy) is 2. The maximum absolute atomic E-state index is 12.0. The number of carbonyl (C=O) groups is 3. The van der Waals surface area contributed by atoms with E-state index in [2.05, 4.69) is 5.32 Å². The van der Waals surface area contributed by atoms with E-state index < -0.39 is 18.0 Å². The maximum Gasteiger partial charge on any atom is 0.338 e. The first-order valence-corrected chi connectivity index (χ1v) is 6.20. The first-order chi connectivity index (χ1) is 9.33. The molecule has 0 bridgehead atoms. The summed E-state index contributed by atoms with van der Waals surface area (Å²) < 4.78 is 9.46. The Bertz CT molecular complexity index is 504. The van der Waals surface area contributed by atoms with Gasteiger partial charge in [-0.25, -0.2) is 9.59 Å². The predicted molar refractivity (Wildman–Crippen MR) is 71.6 cm³/mol. The van der Waals surface area contributed by atoms with Crippen LogP contribution in [0.25, 0.3) is 0 Å². The van der Waals surface area contributed by atoms with E-state index in [1.165, 1.54) is 21.1 Å². The second kappa shape index (κ2) is 6.36. The Balaban J connectivity index is 3.44. The van der Waals surface area contributed by atoms with E-state index >= 15 is 0 Å². The first kappa shape index (κ1) is 15.9. The van der Waals surface area contributed by atoms with Crippen molar-refractivity contribution in [3.63, 3.8) is 0 Å². The van der Waals surface area contributed by atoms with Crippen molar-refractivity contribution < 1.29 is 23.9 Å². The zero-order valence-electron chi connectivity index (χ0n) is 12.3. The van der Waals surface area contributed by atoms with E-state index in [0.29, 0.717) is 5.57 Å². The first-order valence-electron chi connectivity index (χ1n) is 6.20. The van der Waals surface area contributed by atoms with Crippen molar-refractivity contribution in [3.05, 3.63) is 22.8 Å². The van der Waals surface area contributed by atoms with Gasteiger partial charge in [-0.1, -0.05) is 13.0 Å². The average molecular weight is 281 g/mol. The fourth-order valence-electron chi connectivity index (χ4n) is 2.34. The summed E-state index contributed by atoms with van der Waals surface area (Å²) in [6.07, 6.45) is 1.82. The molecule has 0 fully saturated rings. The fraction of sp³-hybridized carbons (Fsp3) is 0.500. The molecule has 0 radical (unpaired) electrons. The number of esters is 2. The topological polar surface area (TPSA) is 81.7 Å². The minimum Gasteiger partial charge on any atom is -0.466 e. The molecular weight excluding hydrogens is 262 g/mol. The number of methoxy groups -OCH3 is 2. The van der Waals surface area contributed by atoms with Gasteiger partial charge in [-0.2, -0.15) is 0 Å². The molecule has 0 aromatic carbocycles. The van der Waals surface area contributed by atoms with Crippen molar-refractivity contribution in [2.45, 2.75) is 26.8 Å². The summed E-state index contributed by atoms with van der Waals surface area (Å²) in [6.45, 7) is 4.92. The molecule has 0 heterocycles. The van der Waals surface area contributed by atoms with Gasteiger partial charge in [-0.05, 0) is 18.4 Å². The van der Waals surface area contributed by atoms with E-state index in [1.807, 2.05) is 13.0 Å². The van der Waals surface area contributed by atoms with Crippen LogP contribution in [0.2, 0.25) is 0 Å². The van der Waals surface area contributed by atoms with Crippen molar-refractivity contribution in [1.29, 1.82) is 0 Å². The predicted octanol–water partition coefficient (Wildman–Crippen LogP) is 0.730. The number of hydrogen-bond donors (Lipinski definition) is 1.